The largest absolute Gasteiger partial charge is 0.352 e. The number of benzene rings is 1. The van der Waals surface area contributed by atoms with Crippen LogP contribution >= 0.6 is 0 Å². The second-order valence-electron chi connectivity index (χ2n) is 7.84. The van der Waals surface area contributed by atoms with Crippen LogP contribution in [0.2, 0.25) is 0 Å². The molecule has 0 radical (unpaired) electrons. The van der Waals surface area contributed by atoms with Crippen LogP contribution in [-0.2, 0) is 13.1 Å². The van der Waals surface area contributed by atoms with Gasteiger partial charge in [-0.2, -0.15) is 0 Å². The summed E-state index contributed by atoms with van der Waals surface area (Å²) in [5, 5.41) is 8.77. The average Bonchev–Trinajstić information content (AvgIpc) is 3.42. The standard InChI is InChI=1S/C20H25N7/c1-15-11-26(10-9-25(15)12-16-5-3-2-4-6-16)19-18-20(22-14-21-19)27(24-23-18)13-17-7-8-17/h2-6,14-15,17H,7-13H2,1H3/t15-/m1/s1. The minimum Gasteiger partial charge on any atom is -0.352 e. The van der Waals surface area contributed by atoms with E-state index in [2.05, 4.69) is 67.3 Å². The molecule has 1 aliphatic heterocycles. The molecule has 7 nitrogen and oxygen atoms in total. The predicted octanol–water partition coefficient (Wildman–Crippen LogP) is 2.34. The Morgan fingerprint density at radius 3 is 2.70 bits per heavy atom. The number of rotatable bonds is 5. The Kier molecular flexibility index (Phi) is 4.24. The van der Waals surface area contributed by atoms with Gasteiger partial charge in [0.05, 0.1) is 0 Å². The van der Waals surface area contributed by atoms with Crippen molar-refractivity contribution in [3.8, 4) is 0 Å². The lowest BCUT2D eigenvalue weighted by atomic mass is 10.1. The monoisotopic (exact) mass is 363 g/mol. The Balaban J connectivity index is 1.33. The van der Waals surface area contributed by atoms with Gasteiger partial charge in [-0.25, -0.2) is 14.6 Å². The third-order valence-corrected chi connectivity index (χ3v) is 5.70. The quantitative estimate of drug-likeness (QED) is 0.693. The summed E-state index contributed by atoms with van der Waals surface area (Å²) in [5.74, 6) is 1.67. The molecule has 0 N–H and O–H groups in total. The fraction of sp³-hybridized carbons (Fsp3) is 0.500. The van der Waals surface area contributed by atoms with Crippen LogP contribution in [0, 0.1) is 5.92 Å². The van der Waals surface area contributed by atoms with Crippen LogP contribution in [0.15, 0.2) is 36.7 Å². The van der Waals surface area contributed by atoms with E-state index in [4.69, 9.17) is 0 Å². The van der Waals surface area contributed by atoms with E-state index in [0.29, 0.717) is 6.04 Å². The van der Waals surface area contributed by atoms with Crippen molar-refractivity contribution in [2.24, 2.45) is 5.92 Å². The number of aromatic nitrogens is 5. The highest BCUT2D eigenvalue weighted by Gasteiger charge is 2.28. The number of fused-ring (bicyclic) bond motifs is 1. The first kappa shape index (κ1) is 16.6. The summed E-state index contributed by atoms with van der Waals surface area (Å²) < 4.78 is 1.95. The van der Waals surface area contributed by atoms with E-state index in [1.54, 1.807) is 6.33 Å². The molecule has 1 saturated carbocycles. The minimum absolute atomic E-state index is 0.450. The van der Waals surface area contributed by atoms with E-state index in [9.17, 15) is 0 Å². The predicted molar refractivity (Wildman–Crippen MR) is 104 cm³/mol. The summed E-state index contributed by atoms with van der Waals surface area (Å²) >= 11 is 0. The Bertz CT molecular complexity index is 918. The number of nitrogens with zero attached hydrogens (tertiary/aromatic N) is 7. The molecule has 3 aromatic rings. The highest BCUT2D eigenvalue weighted by molar-refractivity contribution is 5.82. The number of piperazine rings is 1. The van der Waals surface area contributed by atoms with Crippen LogP contribution in [0.3, 0.4) is 0 Å². The molecule has 0 bridgehead atoms. The van der Waals surface area contributed by atoms with E-state index in [0.717, 1.165) is 55.6 Å². The lowest BCUT2D eigenvalue weighted by Gasteiger charge is -2.40. The first-order chi connectivity index (χ1) is 13.3. The topological polar surface area (TPSA) is 63.0 Å². The second kappa shape index (κ2) is 6.88. The number of hydrogen-bond acceptors (Lipinski definition) is 6. The van der Waals surface area contributed by atoms with Crippen LogP contribution < -0.4 is 4.90 Å². The van der Waals surface area contributed by atoms with Gasteiger partial charge in [-0.05, 0) is 31.2 Å². The van der Waals surface area contributed by atoms with Gasteiger partial charge in [-0.3, -0.25) is 4.90 Å². The summed E-state index contributed by atoms with van der Waals surface area (Å²) in [6, 6.07) is 11.1. The number of anilines is 1. The van der Waals surface area contributed by atoms with Crippen molar-refractivity contribution in [2.45, 2.75) is 38.9 Å². The maximum atomic E-state index is 4.56. The SMILES string of the molecule is C[C@@H]1CN(c2ncnc3c2nnn3CC2CC2)CCN1Cc1ccccc1. The van der Waals surface area contributed by atoms with Crippen molar-refractivity contribution in [1.29, 1.82) is 0 Å². The molecule has 140 valence electrons. The van der Waals surface area contributed by atoms with Gasteiger partial charge in [-0.1, -0.05) is 35.5 Å². The molecule has 3 heterocycles. The molecular weight excluding hydrogens is 338 g/mol. The molecule has 1 aliphatic carbocycles. The van der Waals surface area contributed by atoms with E-state index in [-0.39, 0.29) is 0 Å². The van der Waals surface area contributed by atoms with Crippen molar-refractivity contribution in [3.05, 3.63) is 42.2 Å². The van der Waals surface area contributed by atoms with Crippen molar-refractivity contribution >= 4 is 17.0 Å². The Morgan fingerprint density at radius 1 is 1.07 bits per heavy atom. The first-order valence-corrected chi connectivity index (χ1v) is 9.85. The van der Waals surface area contributed by atoms with Crippen LogP contribution in [-0.4, -0.2) is 55.5 Å². The second-order valence-corrected chi connectivity index (χ2v) is 7.84. The van der Waals surface area contributed by atoms with Gasteiger partial charge in [-0.15, -0.1) is 5.10 Å². The van der Waals surface area contributed by atoms with Gasteiger partial charge >= 0.3 is 0 Å². The highest BCUT2D eigenvalue weighted by Crippen LogP contribution is 2.31. The zero-order valence-electron chi connectivity index (χ0n) is 15.7. The Hall–Kier alpha value is -2.54. The van der Waals surface area contributed by atoms with Gasteiger partial charge in [0.15, 0.2) is 17.0 Å². The molecule has 1 saturated heterocycles. The number of hydrogen-bond donors (Lipinski definition) is 0. The molecule has 0 spiro atoms. The van der Waals surface area contributed by atoms with Crippen molar-refractivity contribution < 1.29 is 0 Å². The van der Waals surface area contributed by atoms with E-state index in [1.807, 2.05) is 4.68 Å². The normalized spacial score (nSPS) is 21.1. The molecule has 0 unspecified atom stereocenters. The molecule has 7 heteroatoms. The first-order valence-electron chi connectivity index (χ1n) is 9.85. The summed E-state index contributed by atoms with van der Waals surface area (Å²) in [5.41, 5.74) is 3.07. The summed E-state index contributed by atoms with van der Waals surface area (Å²) in [6.07, 6.45) is 4.24. The maximum Gasteiger partial charge on any atom is 0.183 e. The lowest BCUT2D eigenvalue weighted by molar-refractivity contribution is 0.180. The molecule has 27 heavy (non-hydrogen) atoms. The molecule has 2 aromatic heterocycles. The molecule has 5 rings (SSSR count). The van der Waals surface area contributed by atoms with Crippen LogP contribution in [0.4, 0.5) is 5.82 Å². The smallest absolute Gasteiger partial charge is 0.183 e. The van der Waals surface area contributed by atoms with Gasteiger partial charge in [0, 0.05) is 38.8 Å². The van der Waals surface area contributed by atoms with Gasteiger partial charge in [0.2, 0.25) is 0 Å². The van der Waals surface area contributed by atoms with Gasteiger partial charge < -0.3 is 4.90 Å². The van der Waals surface area contributed by atoms with Crippen LogP contribution in [0.5, 0.6) is 0 Å². The minimum atomic E-state index is 0.450. The third-order valence-electron chi connectivity index (χ3n) is 5.70. The van der Waals surface area contributed by atoms with Crippen LogP contribution in [0.1, 0.15) is 25.3 Å². The summed E-state index contributed by atoms with van der Waals surface area (Å²) in [4.78, 5) is 13.9. The molecule has 0 amide bonds. The zero-order valence-corrected chi connectivity index (χ0v) is 15.7. The molecule has 2 aliphatic rings. The molecular formula is C20H25N7. The van der Waals surface area contributed by atoms with Crippen molar-refractivity contribution in [1.82, 2.24) is 29.9 Å². The summed E-state index contributed by atoms with van der Waals surface area (Å²) in [6.45, 7) is 7.10. The van der Waals surface area contributed by atoms with E-state index < -0.39 is 0 Å². The Labute approximate surface area is 159 Å². The molecule has 2 fully saturated rings. The highest BCUT2D eigenvalue weighted by atomic mass is 15.5. The van der Waals surface area contributed by atoms with Crippen LogP contribution in [0.25, 0.3) is 11.2 Å². The van der Waals surface area contributed by atoms with E-state index in [1.165, 1.54) is 18.4 Å². The van der Waals surface area contributed by atoms with Gasteiger partial charge in [0.25, 0.3) is 0 Å². The van der Waals surface area contributed by atoms with Crippen molar-refractivity contribution in [3.63, 3.8) is 0 Å². The fourth-order valence-corrected chi connectivity index (χ4v) is 3.92. The fourth-order valence-electron chi connectivity index (χ4n) is 3.92. The van der Waals surface area contributed by atoms with Gasteiger partial charge in [0.1, 0.15) is 6.33 Å². The average molecular weight is 363 g/mol. The molecule has 1 aromatic carbocycles. The Morgan fingerprint density at radius 2 is 1.93 bits per heavy atom. The zero-order chi connectivity index (χ0) is 18.2. The third kappa shape index (κ3) is 3.39. The molecule has 1 atom stereocenters. The summed E-state index contributed by atoms with van der Waals surface area (Å²) in [7, 11) is 0. The van der Waals surface area contributed by atoms with E-state index >= 15 is 0 Å². The lowest BCUT2D eigenvalue weighted by Crippen LogP contribution is -2.51. The maximum absolute atomic E-state index is 4.56. The van der Waals surface area contributed by atoms with Crippen molar-refractivity contribution in [2.75, 3.05) is 24.5 Å².